The Morgan fingerprint density at radius 3 is 1.68 bits per heavy atom. The lowest BCUT2D eigenvalue weighted by atomic mass is 9.97. The van der Waals surface area contributed by atoms with Crippen LogP contribution in [0, 0.1) is 0 Å². The van der Waals surface area contributed by atoms with Crippen molar-refractivity contribution in [2.24, 2.45) is 0 Å². The molecular weight excluding hydrogens is 647 g/mol. The fraction of sp³-hybridized carbons (Fsp3) is 0. The predicted molar refractivity (Wildman–Crippen MR) is 216 cm³/mol. The Kier molecular flexibility index (Phi) is 6.52. The van der Waals surface area contributed by atoms with Gasteiger partial charge in [-0.2, -0.15) is 0 Å². The fourth-order valence-electron chi connectivity index (χ4n) is 7.97. The van der Waals surface area contributed by atoms with Gasteiger partial charge in [0.15, 0.2) is 17.5 Å². The van der Waals surface area contributed by atoms with Crippen LogP contribution in [0.15, 0.2) is 180 Å². The average molecular weight is 676 g/mol. The molecule has 0 fully saturated rings. The number of hydrogen-bond donors (Lipinski definition) is 0. The van der Waals surface area contributed by atoms with Crippen LogP contribution in [0.1, 0.15) is 0 Å². The first-order valence-electron chi connectivity index (χ1n) is 17.9. The van der Waals surface area contributed by atoms with Crippen molar-refractivity contribution in [3.05, 3.63) is 176 Å². The summed E-state index contributed by atoms with van der Waals surface area (Å²) in [5.74, 6) is 1.89. The molecule has 11 rings (SSSR count). The highest BCUT2D eigenvalue weighted by Gasteiger charge is 2.22. The molecule has 1 aliphatic rings. The summed E-state index contributed by atoms with van der Waals surface area (Å²) in [6.45, 7) is 0. The number of rotatable bonds is 5. The van der Waals surface area contributed by atoms with Gasteiger partial charge in [-0.25, -0.2) is 15.0 Å². The van der Waals surface area contributed by atoms with E-state index >= 15 is 0 Å². The van der Waals surface area contributed by atoms with Gasteiger partial charge in [0.1, 0.15) is 11.2 Å². The van der Waals surface area contributed by atoms with Gasteiger partial charge in [0.2, 0.25) is 0 Å². The molecular formula is C49H29N3O. The van der Waals surface area contributed by atoms with E-state index in [9.17, 15) is 0 Å². The number of para-hydroxylation sites is 1. The first-order chi connectivity index (χ1) is 26.2. The topological polar surface area (TPSA) is 51.8 Å². The second-order valence-electron chi connectivity index (χ2n) is 13.6. The lowest BCUT2D eigenvalue weighted by Gasteiger charge is -2.11. The Hall–Kier alpha value is -7.17. The minimum absolute atomic E-state index is 0.622. The van der Waals surface area contributed by atoms with Crippen LogP contribution in [0.2, 0.25) is 0 Å². The van der Waals surface area contributed by atoms with Gasteiger partial charge in [0.05, 0.1) is 0 Å². The number of hydrogen-bond acceptors (Lipinski definition) is 4. The first kappa shape index (κ1) is 29.5. The molecule has 0 amide bonds. The van der Waals surface area contributed by atoms with E-state index < -0.39 is 0 Å². The van der Waals surface area contributed by atoms with E-state index in [1.807, 2.05) is 54.6 Å². The van der Waals surface area contributed by atoms with Crippen LogP contribution in [0.5, 0.6) is 0 Å². The van der Waals surface area contributed by atoms with Gasteiger partial charge < -0.3 is 4.42 Å². The summed E-state index contributed by atoms with van der Waals surface area (Å²) in [5, 5.41) is 4.83. The van der Waals surface area contributed by atoms with E-state index in [2.05, 4.69) is 121 Å². The molecule has 10 aromatic rings. The van der Waals surface area contributed by atoms with Gasteiger partial charge in [-0.05, 0) is 79.5 Å². The standard InChI is InChI=1S/C49H29N3O/c1-2-10-32(11-3-1)47-50-48(33-24-22-30(23-25-33)34-26-27-38-39-18-7-12-31-13-8-19-40(45(31)39)42(38)29-34)52-49(51-47)36-15-6-14-35(28-36)37-17-9-21-44-46(37)41-16-4-5-20-43(41)53-44/h1-29H. The number of benzene rings is 8. The van der Waals surface area contributed by atoms with E-state index in [0.29, 0.717) is 17.5 Å². The van der Waals surface area contributed by atoms with Crippen LogP contribution in [0.25, 0.3) is 111 Å². The van der Waals surface area contributed by atoms with E-state index in [0.717, 1.165) is 55.3 Å². The zero-order valence-electron chi connectivity index (χ0n) is 28.5. The lowest BCUT2D eigenvalue weighted by molar-refractivity contribution is 0.669. The largest absolute Gasteiger partial charge is 0.456 e. The highest BCUT2D eigenvalue weighted by Crippen LogP contribution is 2.48. The van der Waals surface area contributed by atoms with Crippen molar-refractivity contribution < 1.29 is 4.42 Å². The molecule has 4 nitrogen and oxygen atoms in total. The summed E-state index contributed by atoms with van der Waals surface area (Å²) in [6.07, 6.45) is 0. The second kappa shape index (κ2) is 11.7. The van der Waals surface area contributed by atoms with Gasteiger partial charge in [-0.3, -0.25) is 0 Å². The minimum atomic E-state index is 0.622. The molecule has 246 valence electrons. The third-order valence-electron chi connectivity index (χ3n) is 10.5. The van der Waals surface area contributed by atoms with Crippen LogP contribution in [-0.4, -0.2) is 15.0 Å². The molecule has 0 aliphatic heterocycles. The zero-order chi connectivity index (χ0) is 34.9. The van der Waals surface area contributed by atoms with E-state index in [1.54, 1.807) is 0 Å². The molecule has 2 aromatic heterocycles. The highest BCUT2D eigenvalue weighted by atomic mass is 16.3. The number of nitrogens with zero attached hydrogens (tertiary/aromatic N) is 3. The van der Waals surface area contributed by atoms with Crippen molar-refractivity contribution in [1.82, 2.24) is 15.0 Å². The van der Waals surface area contributed by atoms with Gasteiger partial charge in [-0.1, -0.05) is 152 Å². The van der Waals surface area contributed by atoms with Crippen molar-refractivity contribution >= 4 is 32.7 Å². The van der Waals surface area contributed by atoms with Gasteiger partial charge in [0.25, 0.3) is 0 Å². The fourth-order valence-corrected chi connectivity index (χ4v) is 7.97. The molecule has 0 unspecified atom stereocenters. The lowest BCUT2D eigenvalue weighted by Crippen LogP contribution is -2.00. The summed E-state index contributed by atoms with van der Waals surface area (Å²) >= 11 is 0. The first-order valence-corrected chi connectivity index (χ1v) is 17.9. The summed E-state index contributed by atoms with van der Waals surface area (Å²) in [6, 6.07) is 61.6. The van der Waals surface area contributed by atoms with Crippen LogP contribution in [0.4, 0.5) is 0 Å². The molecule has 0 saturated carbocycles. The van der Waals surface area contributed by atoms with Crippen molar-refractivity contribution in [2.45, 2.75) is 0 Å². The van der Waals surface area contributed by atoms with Crippen molar-refractivity contribution in [3.63, 3.8) is 0 Å². The van der Waals surface area contributed by atoms with Crippen molar-refractivity contribution in [3.8, 4) is 78.7 Å². The predicted octanol–water partition coefficient (Wildman–Crippen LogP) is 12.9. The van der Waals surface area contributed by atoms with Gasteiger partial charge >= 0.3 is 0 Å². The maximum Gasteiger partial charge on any atom is 0.164 e. The quantitative estimate of drug-likeness (QED) is 0.182. The summed E-state index contributed by atoms with van der Waals surface area (Å²) in [4.78, 5) is 15.1. The Balaban J connectivity index is 0.993. The highest BCUT2D eigenvalue weighted by molar-refractivity contribution is 6.16. The molecule has 0 bridgehead atoms. The van der Waals surface area contributed by atoms with Crippen LogP contribution in [0.3, 0.4) is 0 Å². The Morgan fingerprint density at radius 1 is 0.302 bits per heavy atom. The number of fused-ring (bicyclic) bond motifs is 6. The summed E-state index contributed by atoms with van der Waals surface area (Å²) in [7, 11) is 0. The van der Waals surface area contributed by atoms with Crippen molar-refractivity contribution in [2.75, 3.05) is 0 Å². The Morgan fingerprint density at radius 2 is 0.868 bits per heavy atom. The smallest absolute Gasteiger partial charge is 0.164 e. The maximum absolute atomic E-state index is 6.21. The molecule has 0 radical (unpaired) electrons. The zero-order valence-corrected chi connectivity index (χ0v) is 28.5. The molecule has 4 heteroatoms. The van der Waals surface area contributed by atoms with Crippen molar-refractivity contribution in [1.29, 1.82) is 0 Å². The number of aromatic nitrogens is 3. The normalized spacial score (nSPS) is 11.8. The third kappa shape index (κ3) is 4.80. The number of furan rings is 1. The van der Waals surface area contributed by atoms with E-state index in [1.165, 1.54) is 38.6 Å². The van der Waals surface area contributed by atoms with Gasteiger partial charge in [-0.15, -0.1) is 0 Å². The van der Waals surface area contributed by atoms with Crippen LogP contribution >= 0.6 is 0 Å². The molecule has 0 spiro atoms. The van der Waals surface area contributed by atoms with E-state index in [-0.39, 0.29) is 0 Å². The molecule has 1 aliphatic carbocycles. The van der Waals surface area contributed by atoms with Crippen LogP contribution in [-0.2, 0) is 0 Å². The summed E-state index contributed by atoms with van der Waals surface area (Å²) in [5.41, 5.74) is 14.2. The Labute approximate surface area is 305 Å². The van der Waals surface area contributed by atoms with Crippen LogP contribution < -0.4 is 0 Å². The molecule has 8 aromatic carbocycles. The maximum atomic E-state index is 6.21. The molecule has 0 atom stereocenters. The second-order valence-corrected chi connectivity index (χ2v) is 13.6. The minimum Gasteiger partial charge on any atom is -0.456 e. The van der Waals surface area contributed by atoms with E-state index in [4.69, 9.17) is 19.4 Å². The SMILES string of the molecule is c1ccc(-c2nc(-c3ccc(-c4ccc5c(c4)-c4cccc6cccc-5c46)cc3)nc(-c3cccc(-c4cccc5oc6ccccc6c45)c3)n2)cc1. The van der Waals surface area contributed by atoms with Gasteiger partial charge in [0, 0.05) is 27.5 Å². The Bertz CT molecular complexity index is 3050. The summed E-state index contributed by atoms with van der Waals surface area (Å²) < 4.78 is 6.21. The molecule has 0 N–H and O–H groups in total. The molecule has 53 heavy (non-hydrogen) atoms. The monoisotopic (exact) mass is 675 g/mol. The average Bonchev–Trinajstić information content (AvgIpc) is 3.78. The molecule has 0 saturated heterocycles. The molecule has 2 heterocycles. The third-order valence-corrected chi connectivity index (χ3v) is 10.5.